The molecule has 35 heavy (non-hydrogen) atoms. The van der Waals surface area contributed by atoms with E-state index in [4.69, 9.17) is 32.7 Å². The Labute approximate surface area is 212 Å². The Morgan fingerprint density at radius 1 is 1.09 bits per heavy atom. The number of fused-ring (bicyclic) bond motifs is 1. The van der Waals surface area contributed by atoms with Crippen LogP contribution in [0.25, 0.3) is 23.1 Å². The van der Waals surface area contributed by atoms with E-state index in [0.29, 0.717) is 21.4 Å². The number of aromatic amines is 1. The zero-order valence-electron chi connectivity index (χ0n) is 19.1. The fraction of sp³-hybridized carbons (Fsp3) is 0.280. The van der Waals surface area contributed by atoms with Crippen LogP contribution in [0, 0.1) is 0 Å². The van der Waals surface area contributed by atoms with Crippen molar-refractivity contribution >= 4 is 46.3 Å². The predicted molar refractivity (Wildman–Crippen MR) is 136 cm³/mol. The zero-order valence-corrected chi connectivity index (χ0v) is 20.6. The molecule has 4 heterocycles. The maximum atomic E-state index is 6.28. The van der Waals surface area contributed by atoms with Gasteiger partial charge in [-0.2, -0.15) is 15.3 Å². The van der Waals surface area contributed by atoms with Crippen molar-refractivity contribution in [2.75, 3.05) is 26.3 Å². The third-order valence-electron chi connectivity index (χ3n) is 5.82. The normalized spacial score (nSPS) is 15.6. The van der Waals surface area contributed by atoms with Crippen LogP contribution < -0.4 is 4.74 Å². The molecule has 1 N–H and O–H groups in total. The van der Waals surface area contributed by atoms with E-state index in [-0.39, 0.29) is 6.10 Å². The number of H-pyrrole nitrogens is 1. The Kier molecular flexibility index (Phi) is 7.24. The molecule has 8 nitrogen and oxygen atoms in total. The first kappa shape index (κ1) is 23.7. The van der Waals surface area contributed by atoms with Gasteiger partial charge in [0.05, 0.1) is 45.9 Å². The number of hydrogen-bond donors (Lipinski definition) is 1. The molecule has 3 aromatic heterocycles. The average Bonchev–Trinajstić information content (AvgIpc) is 3.26. The van der Waals surface area contributed by atoms with E-state index >= 15 is 0 Å². The number of morpholine rings is 1. The summed E-state index contributed by atoms with van der Waals surface area (Å²) in [7, 11) is 0. The summed E-state index contributed by atoms with van der Waals surface area (Å²) >= 11 is 12.6. The summed E-state index contributed by atoms with van der Waals surface area (Å²) in [5, 5.41) is 18.0. The van der Waals surface area contributed by atoms with E-state index in [9.17, 15) is 0 Å². The molecule has 0 unspecified atom stereocenters. The summed E-state index contributed by atoms with van der Waals surface area (Å²) in [5.74, 6) is 0.678. The smallest absolute Gasteiger partial charge is 0.124 e. The predicted octanol–water partition coefficient (Wildman–Crippen LogP) is 5.20. The van der Waals surface area contributed by atoms with Gasteiger partial charge in [-0.1, -0.05) is 23.2 Å². The zero-order chi connectivity index (χ0) is 24.2. The highest BCUT2D eigenvalue weighted by Gasteiger charge is 2.17. The van der Waals surface area contributed by atoms with Crippen molar-refractivity contribution in [2.24, 2.45) is 0 Å². The lowest BCUT2D eigenvalue weighted by Gasteiger charge is -2.25. The number of nitrogens with one attached hydrogen (secondary N) is 1. The molecule has 1 aliphatic heterocycles. The highest BCUT2D eigenvalue weighted by atomic mass is 35.5. The van der Waals surface area contributed by atoms with Crippen molar-refractivity contribution in [1.82, 2.24) is 30.3 Å². The molecule has 1 atom stereocenters. The Morgan fingerprint density at radius 2 is 1.89 bits per heavy atom. The van der Waals surface area contributed by atoms with Crippen LogP contribution in [0.5, 0.6) is 5.75 Å². The number of halogens is 2. The van der Waals surface area contributed by atoms with Crippen LogP contribution in [0.15, 0.2) is 42.7 Å². The van der Waals surface area contributed by atoms with Crippen molar-refractivity contribution in [3.8, 4) is 5.75 Å². The number of rotatable bonds is 7. The van der Waals surface area contributed by atoms with Crippen molar-refractivity contribution in [3.05, 3.63) is 75.4 Å². The molecule has 0 radical (unpaired) electrons. The van der Waals surface area contributed by atoms with Gasteiger partial charge in [0.1, 0.15) is 11.9 Å². The molecule has 4 aromatic rings. The molecule has 10 heteroatoms. The van der Waals surface area contributed by atoms with Crippen molar-refractivity contribution in [2.45, 2.75) is 19.6 Å². The topological polar surface area (TPSA) is 89.0 Å². The molecule has 1 fully saturated rings. The van der Waals surface area contributed by atoms with Gasteiger partial charge in [-0.05, 0) is 49.4 Å². The summed E-state index contributed by atoms with van der Waals surface area (Å²) in [4.78, 5) is 6.32. The van der Waals surface area contributed by atoms with E-state index in [1.54, 1.807) is 12.4 Å². The summed E-state index contributed by atoms with van der Waals surface area (Å²) < 4.78 is 11.5. The number of pyridine rings is 1. The highest BCUT2D eigenvalue weighted by molar-refractivity contribution is 6.35. The van der Waals surface area contributed by atoms with Gasteiger partial charge in [-0.15, -0.1) is 0 Å². The molecule has 5 rings (SSSR count). The second-order valence-electron chi connectivity index (χ2n) is 8.26. The maximum Gasteiger partial charge on any atom is 0.124 e. The first-order chi connectivity index (χ1) is 17.1. The number of ether oxygens (including phenoxy) is 2. The van der Waals surface area contributed by atoms with Crippen LogP contribution in [0.1, 0.15) is 35.7 Å². The minimum Gasteiger partial charge on any atom is -0.486 e. The van der Waals surface area contributed by atoms with Crippen LogP contribution >= 0.6 is 23.2 Å². The number of hydrogen-bond acceptors (Lipinski definition) is 7. The molecular formula is C25H24Cl2N6O2. The lowest BCUT2D eigenvalue weighted by molar-refractivity contribution is 0.0335. The average molecular weight is 511 g/mol. The van der Waals surface area contributed by atoms with E-state index in [1.807, 2.05) is 49.4 Å². The Morgan fingerprint density at radius 3 is 2.63 bits per heavy atom. The summed E-state index contributed by atoms with van der Waals surface area (Å²) in [6, 6.07) is 9.72. The molecule has 0 spiro atoms. The van der Waals surface area contributed by atoms with Gasteiger partial charge < -0.3 is 9.47 Å². The standard InChI is InChI=1S/C25H24Cl2N6O2/c1-16(25-21(26)13-28-14-22(25)27)35-19-5-7-24-20(12-19)23(31-32-24)6-4-17-2-3-18(30-29-17)15-33-8-10-34-11-9-33/h2-7,12-14,16H,8-11,15H2,1H3,(H,31,32)/b6-4+/t16-/m1/s1. The molecule has 0 amide bonds. The van der Waals surface area contributed by atoms with Gasteiger partial charge in [-0.3, -0.25) is 15.0 Å². The Hall–Kier alpha value is -3.04. The molecule has 0 aliphatic carbocycles. The molecule has 1 aliphatic rings. The highest BCUT2D eigenvalue weighted by Crippen LogP contribution is 2.33. The minimum absolute atomic E-state index is 0.354. The van der Waals surface area contributed by atoms with Crippen molar-refractivity contribution in [1.29, 1.82) is 0 Å². The van der Waals surface area contributed by atoms with Crippen LogP contribution in [0.2, 0.25) is 10.0 Å². The summed E-state index contributed by atoms with van der Waals surface area (Å²) in [6.07, 6.45) is 6.57. The van der Waals surface area contributed by atoms with Crippen molar-refractivity contribution < 1.29 is 9.47 Å². The van der Waals surface area contributed by atoms with E-state index < -0.39 is 0 Å². The van der Waals surface area contributed by atoms with Gasteiger partial charge >= 0.3 is 0 Å². The van der Waals surface area contributed by atoms with E-state index in [2.05, 4.69) is 30.3 Å². The largest absolute Gasteiger partial charge is 0.486 e. The van der Waals surface area contributed by atoms with Crippen LogP contribution in [-0.2, 0) is 11.3 Å². The SMILES string of the molecule is C[C@@H](Oc1ccc2[nH]nc(/C=C/c3ccc(CN4CCOCC4)nn3)c2c1)c1c(Cl)cncc1Cl. The third kappa shape index (κ3) is 5.62. The molecule has 180 valence electrons. The fourth-order valence-corrected chi connectivity index (χ4v) is 4.65. The molecule has 1 aromatic carbocycles. The second kappa shape index (κ2) is 10.7. The fourth-order valence-electron chi connectivity index (χ4n) is 3.98. The van der Waals surface area contributed by atoms with Gasteiger partial charge in [-0.25, -0.2) is 0 Å². The monoisotopic (exact) mass is 510 g/mol. The van der Waals surface area contributed by atoms with Gasteiger partial charge in [0.15, 0.2) is 0 Å². The lowest BCUT2D eigenvalue weighted by atomic mass is 10.1. The third-order valence-corrected chi connectivity index (χ3v) is 6.42. The molecule has 0 bridgehead atoms. The first-order valence-corrected chi connectivity index (χ1v) is 12.1. The molecule has 0 saturated carbocycles. The minimum atomic E-state index is -0.354. The van der Waals surface area contributed by atoms with Gasteiger partial charge in [0, 0.05) is 43.0 Å². The Balaban J connectivity index is 1.29. The number of benzene rings is 1. The first-order valence-electron chi connectivity index (χ1n) is 11.3. The number of aromatic nitrogens is 5. The van der Waals surface area contributed by atoms with Crippen LogP contribution in [0.3, 0.4) is 0 Å². The molecular weight excluding hydrogens is 487 g/mol. The van der Waals surface area contributed by atoms with Gasteiger partial charge in [0.25, 0.3) is 0 Å². The quantitative estimate of drug-likeness (QED) is 0.365. The summed E-state index contributed by atoms with van der Waals surface area (Å²) in [5.41, 5.74) is 4.08. The van der Waals surface area contributed by atoms with Crippen molar-refractivity contribution in [3.63, 3.8) is 0 Å². The van der Waals surface area contributed by atoms with E-state index in [0.717, 1.165) is 60.8 Å². The summed E-state index contributed by atoms with van der Waals surface area (Å²) in [6.45, 7) is 6.05. The van der Waals surface area contributed by atoms with E-state index in [1.165, 1.54) is 0 Å². The van der Waals surface area contributed by atoms with Crippen LogP contribution in [0.4, 0.5) is 0 Å². The van der Waals surface area contributed by atoms with Gasteiger partial charge in [0.2, 0.25) is 0 Å². The Bertz CT molecular complexity index is 1320. The number of nitrogens with zero attached hydrogens (tertiary/aromatic N) is 5. The van der Waals surface area contributed by atoms with Crippen LogP contribution in [-0.4, -0.2) is 56.6 Å². The molecule has 1 saturated heterocycles. The maximum absolute atomic E-state index is 6.28. The second-order valence-corrected chi connectivity index (χ2v) is 9.08. The lowest BCUT2D eigenvalue weighted by Crippen LogP contribution is -2.35.